The lowest BCUT2D eigenvalue weighted by Crippen LogP contribution is -2.46. The van der Waals surface area contributed by atoms with Crippen molar-refractivity contribution < 1.29 is 27.4 Å². The lowest BCUT2D eigenvalue weighted by atomic mass is 10.0. The van der Waals surface area contributed by atoms with Crippen LogP contribution in [0.4, 0.5) is 13.2 Å². The van der Waals surface area contributed by atoms with E-state index in [0.717, 1.165) is 17.8 Å². The van der Waals surface area contributed by atoms with E-state index in [0.29, 0.717) is 36.6 Å². The number of carbonyl (C=O) groups is 1. The Morgan fingerprint density at radius 1 is 1.25 bits per heavy atom. The second-order valence-corrected chi connectivity index (χ2v) is 6.67. The van der Waals surface area contributed by atoms with E-state index < -0.39 is 17.8 Å². The monoisotopic (exact) mass is 394 g/mol. The molecule has 3 rings (SSSR count). The van der Waals surface area contributed by atoms with Gasteiger partial charge in [-0.05, 0) is 49.6 Å². The van der Waals surface area contributed by atoms with Gasteiger partial charge < -0.3 is 14.4 Å². The molecule has 2 aromatic rings. The number of methoxy groups -OCH3 is 1. The molecule has 1 aromatic heterocycles. The Bertz CT molecular complexity index is 855. The van der Waals surface area contributed by atoms with E-state index in [-0.39, 0.29) is 12.5 Å². The van der Waals surface area contributed by atoms with Gasteiger partial charge >= 0.3 is 6.18 Å². The maximum Gasteiger partial charge on any atom is 0.416 e. The second-order valence-electron chi connectivity index (χ2n) is 6.67. The molecule has 1 aromatic carbocycles. The predicted molar refractivity (Wildman–Crippen MR) is 96.0 cm³/mol. The highest BCUT2D eigenvalue weighted by Crippen LogP contribution is 2.31. The molecule has 150 valence electrons. The summed E-state index contributed by atoms with van der Waals surface area (Å²) in [5, 5.41) is 0. The number of rotatable bonds is 5. The number of alkyl halides is 3. The smallest absolute Gasteiger partial charge is 0.416 e. The minimum absolute atomic E-state index is 0.103. The summed E-state index contributed by atoms with van der Waals surface area (Å²) in [6.07, 6.45) is -3.92. The summed E-state index contributed by atoms with van der Waals surface area (Å²) in [5.74, 6) is 0.404. The number of likely N-dealkylation sites (tertiary alicyclic amines) is 1. The number of aromatic nitrogens is 1. The molecule has 1 aliphatic heterocycles. The van der Waals surface area contributed by atoms with Gasteiger partial charge in [-0.1, -0.05) is 12.1 Å². The standard InChI is InChI=1S/C20H21F3N2O3/c1-13-8-9-16(18(24-13)27-2)28-17-7-4-10-25(19(17)26)12-14-5-3-6-15(11-14)20(21,22)23/h3,5-6,8-9,11,17H,4,7,10,12H2,1-2H3. The van der Waals surface area contributed by atoms with Crippen molar-refractivity contribution in [1.29, 1.82) is 0 Å². The van der Waals surface area contributed by atoms with Gasteiger partial charge in [-0.25, -0.2) is 4.98 Å². The van der Waals surface area contributed by atoms with Gasteiger partial charge in [-0.2, -0.15) is 13.2 Å². The molecular weight excluding hydrogens is 373 g/mol. The van der Waals surface area contributed by atoms with Crippen LogP contribution in [0.25, 0.3) is 0 Å². The van der Waals surface area contributed by atoms with Crippen LogP contribution in [-0.4, -0.2) is 35.5 Å². The number of carbonyl (C=O) groups excluding carboxylic acids is 1. The normalized spacial score (nSPS) is 17.5. The molecule has 1 aliphatic rings. The summed E-state index contributed by atoms with van der Waals surface area (Å²) >= 11 is 0. The molecule has 2 heterocycles. The first-order chi connectivity index (χ1) is 13.3. The van der Waals surface area contributed by atoms with Crippen LogP contribution in [-0.2, 0) is 17.5 Å². The molecule has 0 spiro atoms. The van der Waals surface area contributed by atoms with Crippen molar-refractivity contribution in [2.45, 2.75) is 38.6 Å². The number of nitrogens with zero attached hydrogens (tertiary/aromatic N) is 2. The first-order valence-corrected chi connectivity index (χ1v) is 8.91. The van der Waals surface area contributed by atoms with Gasteiger partial charge in [0.05, 0.1) is 12.7 Å². The zero-order valence-electron chi connectivity index (χ0n) is 15.6. The minimum atomic E-state index is -4.41. The molecule has 5 nitrogen and oxygen atoms in total. The van der Waals surface area contributed by atoms with Gasteiger partial charge in [0, 0.05) is 18.8 Å². The van der Waals surface area contributed by atoms with Gasteiger partial charge in [0.25, 0.3) is 11.8 Å². The summed E-state index contributed by atoms with van der Waals surface area (Å²) in [6, 6.07) is 8.48. The van der Waals surface area contributed by atoms with E-state index in [4.69, 9.17) is 9.47 Å². The van der Waals surface area contributed by atoms with E-state index in [2.05, 4.69) is 4.98 Å². The maximum absolute atomic E-state index is 12.9. The Labute approximate surface area is 161 Å². The largest absolute Gasteiger partial charge is 0.478 e. The van der Waals surface area contributed by atoms with Crippen molar-refractivity contribution in [1.82, 2.24) is 9.88 Å². The second kappa shape index (κ2) is 8.08. The van der Waals surface area contributed by atoms with Crippen LogP contribution in [0.2, 0.25) is 0 Å². The molecule has 0 N–H and O–H groups in total. The first kappa shape index (κ1) is 20.0. The number of aryl methyl sites for hydroxylation is 1. The van der Waals surface area contributed by atoms with Crippen molar-refractivity contribution in [3.8, 4) is 11.6 Å². The molecule has 0 saturated carbocycles. The third kappa shape index (κ3) is 4.55. The van der Waals surface area contributed by atoms with E-state index in [1.54, 1.807) is 18.2 Å². The topological polar surface area (TPSA) is 51.7 Å². The third-order valence-corrected chi connectivity index (χ3v) is 4.54. The quantitative estimate of drug-likeness (QED) is 0.770. The molecular formula is C20H21F3N2O3. The van der Waals surface area contributed by atoms with E-state index >= 15 is 0 Å². The van der Waals surface area contributed by atoms with Crippen LogP contribution < -0.4 is 9.47 Å². The summed E-state index contributed by atoms with van der Waals surface area (Å²) in [5.41, 5.74) is 0.460. The van der Waals surface area contributed by atoms with Gasteiger partial charge in [-0.15, -0.1) is 0 Å². The molecule has 1 amide bonds. The number of hydrogen-bond donors (Lipinski definition) is 0. The molecule has 1 atom stereocenters. The number of piperidine rings is 1. The number of pyridine rings is 1. The average molecular weight is 394 g/mol. The number of amides is 1. The molecule has 28 heavy (non-hydrogen) atoms. The number of ether oxygens (including phenoxy) is 2. The molecule has 1 fully saturated rings. The molecule has 0 radical (unpaired) electrons. The summed E-state index contributed by atoms with van der Waals surface area (Å²) in [6.45, 7) is 2.39. The van der Waals surface area contributed by atoms with Crippen LogP contribution in [0.1, 0.15) is 29.7 Å². The van der Waals surface area contributed by atoms with Gasteiger partial charge in [-0.3, -0.25) is 4.79 Å². The van der Waals surface area contributed by atoms with Crippen LogP contribution in [0.3, 0.4) is 0 Å². The molecule has 1 saturated heterocycles. The molecule has 0 bridgehead atoms. The lowest BCUT2D eigenvalue weighted by Gasteiger charge is -2.32. The van der Waals surface area contributed by atoms with Crippen LogP contribution in [0.5, 0.6) is 11.6 Å². The zero-order valence-corrected chi connectivity index (χ0v) is 15.6. The SMILES string of the molecule is COc1nc(C)ccc1OC1CCCN(Cc2cccc(C(F)(F)F)c2)C1=O. The van der Waals surface area contributed by atoms with E-state index in [1.165, 1.54) is 18.1 Å². The minimum Gasteiger partial charge on any atom is -0.478 e. The fourth-order valence-corrected chi connectivity index (χ4v) is 3.15. The number of benzene rings is 1. The average Bonchev–Trinajstić information content (AvgIpc) is 2.66. The Morgan fingerprint density at radius 2 is 2.04 bits per heavy atom. The highest BCUT2D eigenvalue weighted by Gasteiger charge is 2.33. The highest BCUT2D eigenvalue weighted by molar-refractivity contribution is 5.82. The fourth-order valence-electron chi connectivity index (χ4n) is 3.15. The summed E-state index contributed by atoms with van der Waals surface area (Å²) < 4.78 is 49.8. The lowest BCUT2D eigenvalue weighted by molar-refractivity contribution is -0.142. The van der Waals surface area contributed by atoms with Gasteiger partial charge in [0.15, 0.2) is 11.9 Å². The van der Waals surface area contributed by atoms with Crippen LogP contribution in [0, 0.1) is 6.92 Å². The number of hydrogen-bond acceptors (Lipinski definition) is 4. The molecule has 0 aliphatic carbocycles. The first-order valence-electron chi connectivity index (χ1n) is 8.91. The van der Waals surface area contributed by atoms with Crippen LogP contribution in [0.15, 0.2) is 36.4 Å². The zero-order chi connectivity index (χ0) is 20.3. The van der Waals surface area contributed by atoms with Crippen molar-refractivity contribution in [2.75, 3.05) is 13.7 Å². The number of halogens is 3. The van der Waals surface area contributed by atoms with Crippen molar-refractivity contribution >= 4 is 5.91 Å². The Hall–Kier alpha value is -2.77. The third-order valence-electron chi connectivity index (χ3n) is 4.54. The molecule has 1 unspecified atom stereocenters. The van der Waals surface area contributed by atoms with Crippen molar-refractivity contribution in [3.63, 3.8) is 0 Å². The summed E-state index contributed by atoms with van der Waals surface area (Å²) in [4.78, 5) is 18.5. The molecule has 8 heteroatoms. The fraction of sp³-hybridized carbons (Fsp3) is 0.400. The van der Waals surface area contributed by atoms with Gasteiger partial charge in [0.2, 0.25) is 0 Å². The van der Waals surface area contributed by atoms with E-state index in [9.17, 15) is 18.0 Å². The van der Waals surface area contributed by atoms with E-state index in [1.807, 2.05) is 6.92 Å². The predicted octanol–water partition coefficient (Wildman–Crippen LogP) is 3.99. The van der Waals surface area contributed by atoms with Gasteiger partial charge in [0.1, 0.15) is 0 Å². The highest BCUT2D eigenvalue weighted by atomic mass is 19.4. The van der Waals surface area contributed by atoms with Crippen molar-refractivity contribution in [2.24, 2.45) is 0 Å². The van der Waals surface area contributed by atoms with Crippen molar-refractivity contribution in [3.05, 3.63) is 53.2 Å². The summed E-state index contributed by atoms with van der Waals surface area (Å²) in [7, 11) is 1.47. The Morgan fingerprint density at radius 3 is 2.75 bits per heavy atom. The van der Waals surface area contributed by atoms with Crippen LogP contribution >= 0.6 is 0 Å². The maximum atomic E-state index is 12.9. The Balaban J connectivity index is 1.73. The Kier molecular flexibility index (Phi) is 5.76.